The number of aliphatic hydroxyl groups excluding tert-OH is 1. The lowest BCUT2D eigenvalue weighted by molar-refractivity contribution is 0.0183. The average molecular weight is 341 g/mol. The molecule has 1 aliphatic carbocycles. The summed E-state index contributed by atoms with van der Waals surface area (Å²) >= 11 is 0. The number of benzene rings is 2. The van der Waals surface area contributed by atoms with E-state index >= 15 is 0 Å². The summed E-state index contributed by atoms with van der Waals surface area (Å²) in [6.45, 7) is 7.64. The summed E-state index contributed by atoms with van der Waals surface area (Å²) in [7, 11) is -2.40. The average Bonchev–Trinajstić information content (AvgIpc) is 2.54. The molecule has 0 saturated heterocycles. The summed E-state index contributed by atoms with van der Waals surface area (Å²) in [4.78, 5) is 0. The molecule has 0 atom stereocenters. The van der Waals surface area contributed by atoms with Gasteiger partial charge in [-0.25, -0.2) is 0 Å². The first-order valence-electron chi connectivity index (χ1n) is 8.86. The van der Waals surface area contributed by atoms with Gasteiger partial charge in [0, 0.05) is 6.61 Å². The SMILES string of the molecule is CC(C)(C)[Si](OC[C@H]1C[C@H](O)C1)(c1ccccc1)c1ccccc1. The Bertz CT molecular complexity index is 603. The molecule has 0 aromatic heterocycles. The van der Waals surface area contributed by atoms with Gasteiger partial charge in [-0.2, -0.15) is 0 Å². The zero-order valence-corrected chi connectivity index (χ0v) is 15.9. The summed E-state index contributed by atoms with van der Waals surface area (Å²) < 4.78 is 6.85. The first-order valence-corrected chi connectivity index (χ1v) is 10.8. The van der Waals surface area contributed by atoms with Crippen molar-refractivity contribution in [1.29, 1.82) is 0 Å². The van der Waals surface area contributed by atoms with Crippen LogP contribution < -0.4 is 10.4 Å². The molecular formula is C21H28O2Si. The van der Waals surface area contributed by atoms with E-state index in [1.807, 2.05) is 0 Å². The molecule has 0 heterocycles. The molecular weight excluding hydrogens is 312 g/mol. The smallest absolute Gasteiger partial charge is 0.261 e. The fourth-order valence-electron chi connectivity index (χ4n) is 3.84. The summed E-state index contributed by atoms with van der Waals surface area (Å²) in [5.74, 6) is 0.488. The lowest BCUT2D eigenvalue weighted by Crippen LogP contribution is -2.67. The van der Waals surface area contributed by atoms with Crippen molar-refractivity contribution in [2.75, 3.05) is 6.61 Å². The molecule has 0 aliphatic heterocycles. The maximum Gasteiger partial charge on any atom is 0.261 e. The molecule has 0 unspecified atom stereocenters. The van der Waals surface area contributed by atoms with Crippen molar-refractivity contribution in [3.05, 3.63) is 60.7 Å². The van der Waals surface area contributed by atoms with Gasteiger partial charge in [0.1, 0.15) is 0 Å². The van der Waals surface area contributed by atoms with Crippen LogP contribution in [0, 0.1) is 5.92 Å². The minimum absolute atomic E-state index is 0.0259. The third-order valence-corrected chi connectivity index (χ3v) is 10.2. The Labute approximate surface area is 146 Å². The van der Waals surface area contributed by atoms with Crippen molar-refractivity contribution in [2.24, 2.45) is 5.92 Å². The van der Waals surface area contributed by atoms with Gasteiger partial charge in [0.25, 0.3) is 8.32 Å². The van der Waals surface area contributed by atoms with E-state index in [4.69, 9.17) is 4.43 Å². The molecule has 128 valence electrons. The predicted molar refractivity (Wildman–Crippen MR) is 102 cm³/mol. The largest absolute Gasteiger partial charge is 0.407 e. The van der Waals surface area contributed by atoms with E-state index in [0.717, 1.165) is 19.4 Å². The van der Waals surface area contributed by atoms with Gasteiger partial charge in [-0.1, -0.05) is 81.4 Å². The number of hydrogen-bond donors (Lipinski definition) is 1. The Morgan fingerprint density at radius 2 is 1.38 bits per heavy atom. The predicted octanol–water partition coefficient (Wildman–Crippen LogP) is 3.33. The third-order valence-electron chi connectivity index (χ3n) is 5.16. The van der Waals surface area contributed by atoms with Gasteiger partial charge in [0.05, 0.1) is 6.10 Å². The van der Waals surface area contributed by atoms with Gasteiger partial charge in [0.2, 0.25) is 0 Å². The lowest BCUT2D eigenvalue weighted by atomic mass is 9.83. The molecule has 1 fully saturated rings. The highest BCUT2D eigenvalue weighted by molar-refractivity contribution is 6.99. The van der Waals surface area contributed by atoms with Crippen molar-refractivity contribution in [2.45, 2.75) is 44.8 Å². The van der Waals surface area contributed by atoms with Crippen molar-refractivity contribution < 1.29 is 9.53 Å². The first kappa shape index (κ1) is 17.4. The van der Waals surface area contributed by atoms with Gasteiger partial charge < -0.3 is 9.53 Å². The van der Waals surface area contributed by atoms with E-state index in [-0.39, 0.29) is 11.1 Å². The maximum atomic E-state index is 9.60. The highest BCUT2D eigenvalue weighted by atomic mass is 28.4. The first-order chi connectivity index (χ1) is 11.4. The van der Waals surface area contributed by atoms with Gasteiger partial charge in [0.15, 0.2) is 0 Å². The summed E-state index contributed by atoms with van der Waals surface area (Å²) in [6.07, 6.45) is 1.62. The van der Waals surface area contributed by atoms with Crippen LogP contribution in [0.1, 0.15) is 33.6 Å². The Kier molecular flexibility index (Phi) is 4.95. The normalized spacial score (nSPS) is 21.3. The van der Waals surface area contributed by atoms with E-state index in [2.05, 4.69) is 81.4 Å². The second-order valence-electron chi connectivity index (χ2n) is 7.97. The molecule has 1 aliphatic rings. The fourth-order valence-corrected chi connectivity index (χ4v) is 8.48. The minimum Gasteiger partial charge on any atom is -0.407 e. The molecule has 24 heavy (non-hydrogen) atoms. The zero-order chi connectivity index (χ0) is 17.2. The number of aliphatic hydroxyl groups is 1. The molecule has 0 bridgehead atoms. The van der Waals surface area contributed by atoms with Gasteiger partial charge in [-0.15, -0.1) is 0 Å². The summed E-state index contributed by atoms with van der Waals surface area (Å²) in [5, 5.41) is 12.3. The number of hydrogen-bond acceptors (Lipinski definition) is 2. The topological polar surface area (TPSA) is 29.5 Å². The van der Waals surface area contributed by atoms with Crippen molar-refractivity contribution in [3.63, 3.8) is 0 Å². The van der Waals surface area contributed by atoms with Crippen LogP contribution in [0.2, 0.25) is 5.04 Å². The van der Waals surface area contributed by atoms with Crippen LogP contribution in [-0.2, 0) is 4.43 Å². The standard InChI is InChI=1S/C21H28O2Si/c1-21(2,3)24(19-10-6-4-7-11-19,20-12-8-5-9-13-20)23-16-17-14-18(22)15-17/h4-13,17-18,22H,14-16H2,1-3H3/t17-,18-. The van der Waals surface area contributed by atoms with Crippen LogP contribution in [-0.4, -0.2) is 26.1 Å². The van der Waals surface area contributed by atoms with Crippen molar-refractivity contribution >= 4 is 18.7 Å². The molecule has 0 amide bonds. The second-order valence-corrected chi connectivity index (χ2v) is 12.3. The highest BCUT2D eigenvalue weighted by Gasteiger charge is 2.50. The van der Waals surface area contributed by atoms with E-state index in [1.54, 1.807) is 0 Å². The quantitative estimate of drug-likeness (QED) is 0.846. The summed E-state index contributed by atoms with van der Waals surface area (Å²) in [5.41, 5.74) is 0. The van der Waals surface area contributed by atoms with Crippen LogP contribution in [0.4, 0.5) is 0 Å². The molecule has 2 aromatic carbocycles. The van der Waals surface area contributed by atoms with Crippen LogP contribution in [0.25, 0.3) is 0 Å². The molecule has 3 rings (SSSR count). The van der Waals surface area contributed by atoms with Crippen LogP contribution >= 0.6 is 0 Å². The molecule has 3 heteroatoms. The van der Waals surface area contributed by atoms with Gasteiger partial charge in [-0.3, -0.25) is 0 Å². The minimum atomic E-state index is -2.40. The molecule has 2 aromatic rings. The fraction of sp³-hybridized carbons (Fsp3) is 0.429. The Morgan fingerprint density at radius 3 is 1.75 bits per heavy atom. The molecule has 1 N–H and O–H groups in total. The van der Waals surface area contributed by atoms with E-state index in [0.29, 0.717) is 5.92 Å². The lowest BCUT2D eigenvalue weighted by Gasteiger charge is -2.45. The van der Waals surface area contributed by atoms with Crippen LogP contribution in [0.5, 0.6) is 0 Å². The summed E-state index contributed by atoms with van der Waals surface area (Å²) in [6, 6.07) is 21.5. The van der Waals surface area contributed by atoms with Gasteiger partial charge >= 0.3 is 0 Å². The zero-order valence-electron chi connectivity index (χ0n) is 14.9. The molecule has 0 radical (unpaired) electrons. The van der Waals surface area contributed by atoms with Crippen LogP contribution in [0.3, 0.4) is 0 Å². The van der Waals surface area contributed by atoms with E-state index < -0.39 is 8.32 Å². The molecule has 0 spiro atoms. The molecule has 2 nitrogen and oxygen atoms in total. The van der Waals surface area contributed by atoms with Crippen molar-refractivity contribution in [3.8, 4) is 0 Å². The van der Waals surface area contributed by atoms with Crippen LogP contribution in [0.15, 0.2) is 60.7 Å². The Balaban J connectivity index is 2.03. The monoisotopic (exact) mass is 340 g/mol. The highest BCUT2D eigenvalue weighted by Crippen LogP contribution is 2.38. The maximum absolute atomic E-state index is 9.60. The Morgan fingerprint density at radius 1 is 0.917 bits per heavy atom. The van der Waals surface area contributed by atoms with E-state index in [9.17, 15) is 5.11 Å². The third kappa shape index (κ3) is 3.21. The van der Waals surface area contributed by atoms with Crippen molar-refractivity contribution in [1.82, 2.24) is 0 Å². The Hall–Kier alpha value is -1.42. The molecule has 1 saturated carbocycles. The van der Waals surface area contributed by atoms with E-state index in [1.165, 1.54) is 10.4 Å². The number of rotatable bonds is 5. The van der Waals surface area contributed by atoms with Gasteiger partial charge in [-0.05, 0) is 34.2 Å². The second kappa shape index (κ2) is 6.83.